The van der Waals surface area contributed by atoms with Crippen LogP contribution in [0.25, 0.3) is 0 Å². The zero-order valence-corrected chi connectivity index (χ0v) is 11.1. The Morgan fingerprint density at radius 2 is 2.11 bits per heavy atom. The highest BCUT2D eigenvalue weighted by molar-refractivity contribution is 5.78. The topological polar surface area (TPSA) is 58.4 Å². The first-order valence-electron chi connectivity index (χ1n) is 6.42. The molecule has 19 heavy (non-hydrogen) atoms. The van der Waals surface area contributed by atoms with Gasteiger partial charge in [-0.05, 0) is 18.5 Å². The number of nitrogens with zero attached hydrogens (tertiary/aromatic N) is 1. The van der Waals surface area contributed by atoms with E-state index < -0.39 is 0 Å². The third kappa shape index (κ3) is 6.61. The minimum Gasteiger partial charge on any atom is -0.344 e. The van der Waals surface area contributed by atoms with Crippen LogP contribution in [-0.4, -0.2) is 37.0 Å². The number of benzene rings is 1. The zero-order chi connectivity index (χ0) is 13.9. The molecule has 4 heteroatoms. The highest BCUT2D eigenvalue weighted by Gasteiger charge is 2.10. The average molecular weight is 259 g/mol. The average Bonchev–Trinajstić information content (AvgIpc) is 2.43. The third-order valence-corrected chi connectivity index (χ3v) is 2.68. The molecule has 0 aliphatic rings. The molecule has 0 spiro atoms. The Hall–Kier alpha value is -1.83. The van der Waals surface area contributed by atoms with E-state index in [4.69, 9.17) is 12.2 Å². The second kappa shape index (κ2) is 9.15. The lowest BCUT2D eigenvalue weighted by Gasteiger charge is -2.21. The number of rotatable bonds is 8. The number of hydrogen-bond acceptors (Lipinski definition) is 3. The van der Waals surface area contributed by atoms with E-state index >= 15 is 0 Å². The Morgan fingerprint density at radius 1 is 1.37 bits per heavy atom. The van der Waals surface area contributed by atoms with Crippen LogP contribution in [0.15, 0.2) is 30.3 Å². The molecule has 0 atom stereocenters. The normalized spacial score (nSPS) is 10.2. The molecule has 3 N–H and O–H groups in total. The Morgan fingerprint density at radius 3 is 2.74 bits per heavy atom. The van der Waals surface area contributed by atoms with Crippen molar-refractivity contribution < 1.29 is 4.79 Å². The summed E-state index contributed by atoms with van der Waals surface area (Å²) >= 11 is 0. The summed E-state index contributed by atoms with van der Waals surface area (Å²) in [5.74, 6) is 2.34. The minimum absolute atomic E-state index is 0.0501. The molecule has 1 rings (SSSR count). The number of amides is 1. The maximum atomic E-state index is 11.7. The van der Waals surface area contributed by atoms with Gasteiger partial charge in [-0.3, -0.25) is 9.69 Å². The highest BCUT2D eigenvalue weighted by atomic mass is 16.2. The van der Waals surface area contributed by atoms with Gasteiger partial charge in [-0.1, -0.05) is 36.3 Å². The summed E-state index contributed by atoms with van der Waals surface area (Å²) in [6.45, 7) is 2.78. The lowest BCUT2D eigenvalue weighted by Crippen LogP contribution is -2.38. The summed E-state index contributed by atoms with van der Waals surface area (Å²) in [6, 6.07) is 10.1. The van der Waals surface area contributed by atoms with E-state index in [9.17, 15) is 4.79 Å². The molecule has 102 valence electrons. The van der Waals surface area contributed by atoms with Gasteiger partial charge in [0.15, 0.2) is 0 Å². The van der Waals surface area contributed by atoms with Crippen LogP contribution in [-0.2, 0) is 11.3 Å². The molecule has 0 unspecified atom stereocenters. The van der Waals surface area contributed by atoms with E-state index in [1.807, 2.05) is 18.2 Å². The quantitative estimate of drug-likeness (QED) is 0.672. The molecule has 0 aromatic heterocycles. The molecule has 0 radical (unpaired) electrons. The molecular weight excluding hydrogens is 238 g/mol. The van der Waals surface area contributed by atoms with Crippen LogP contribution in [0.5, 0.6) is 0 Å². The number of terminal acetylenes is 1. The number of carbonyl (C=O) groups is 1. The molecule has 1 aromatic rings. The lowest BCUT2D eigenvalue weighted by atomic mass is 10.2. The van der Waals surface area contributed by atoms with Gasteiger partial charge in [0, 0.05) is 13.1 Å². The fourth-order valence-electron chi connectivity index (χ4n) is 1.78. The van der Waals surface area contributed by atoms with Crippen LogP contribution < -0.4 is 11.1 Å². The molecule has 1 amide bonds. The van der Waals surface area contributed by atoms with E-state index in [0.717, 1.165) is 19.5 Å². The summed E-state index contributed by atoms with van der Waals surface area (Å²) in [4.78, 5) is 13.8. The monoisotopic (exact) mass is 259 g/mol. The molecule has 0 aliphatic carbocycles. The van der Waals surface area contributed by atoms with Gasteiger partial charge >= 0.3 is 0 Å². The van der Waals surface area contributed by atoms with Gasteiger partial charge in [-0.15, -0.1) is 6.42 Å². The lowest BCUT2D eigenvalue weighted by molar-refractivity contribution is -0.122. The molecule has 1 aromatic carbocycles. The predicted molar refractivity (Wildman–Crippen MR) is 77.2 cm³/mol. The fraction of sp³-hybridized carbons (Fsp3) is 0.400. The Labute approximate surface area is 115 Å². The van der Waals surface area contributed by atoms with Crippen molar-refractivity contribution >= 4 is 5.91 Å². The summed E-state index contributed by atoms with van der Waals surface area (Å²) in [5.41, 5.74) is 6.71. The number of carbonyl (C=O) groups excluding carboxylic acids is 1. The fourth-order valence-corrected chi connectivity index (χ4v) is 1.78. The second-order valence-corrected chi connectivity index (χ2v) is 4.32. The minimum atomic E-state index is -0.0501. The first kappa shape index (κ1) is 15.2. The molecule has 0 saturated heterocycles. The van der Waals surface area contributed by atoms with Gasteiger partial charge in [0.05, 0.1) is 13.1 Å². The van der Waals surface area contributed by atoms with Crippen molar-refractivity contribution in [1.82, 2.24) is 10.2 Å². The molecule has 0 fully saturated rings. The number of nitrogens with two attached hydrogens (primary N) is 1. The largest absolute Gasteiger partial charge is 0.344 e. The predicted octanol–water partition coefficient (Wildman–Crippen LogP) is 0.587. The molecule has 0 bridgehead atoms. The molecule has 0 aliphatic heterocycles. The summed E-state index contributed by atoms with van der Waals surface area (Å²) < 4.78 is 0. The van der Waals surface area contributed by atoms with Crippen LogP contribution in [0.3, 0.4) is 0 Å². The third-order valence-electron chi connectivity index (χ3n) is 2.68. The van der Waals surface area contributed by atoms with Gasteiger partial charge in [0.2, 0.25) is 5.91 Å². The maximum absolute atomic E-state index is 11.7. The van der Waals surface area contributed by atoms with Crippen molar-refractivity contribution in [3.8, 4) is 12.3 Å². The van der Waals surface area contributed by atoms with E-state index in [2.05, 4.69) is 28.3 Å². The molecular formula is C15H21N3O. The van der Waals surface area contributed by atoms with Gasteiger partial charge in [-0.2, -0.15) is 0 Å². The Balaban J connectivity index is 2.51. The maximum Gasteiger partial charge on any atom is 0.234 e. The van der Waals surface area contributed by atoms with Gasteiger partial charge in [0.25, 0.3) is 0 Å². The Kier molecular flexibility index (Phi) is 7.33. The SMILES string of the molecule is C#CCNC(=O)CN(CCCN)Cc1ccccc1. The molecule has 4 nitrogen and oxygen atoms in total. The summed E-state index contributed by atoms with van der Waals surface area (Å²) in [7, 11) is 0. The van der Waals surface area contributed by atoms with Crippen LogP contribution in [0.2, 0.25) is 0 Å². The smallest absolute Gasteiger partial charge is 0.234 e. The van der Waals surface area contributed by atoms with Crippen LogP contribution in [0.4, 0.5) is 0 Å². The van der Waals surface area contributed by atoms with Crippen molar-refractivity contribution in [1.29, 1.82) is 0 Å². The van der Waals surface area contributed by atoms with Gasteiger partial charge in [0.1, 0.15) is 0 Å². The number of hydrogen-bond donors (Lipinski definition) is 2. The van der Waals surface area contributed by atoms with Crippen LogP contribution in [0.1, 0.15) is 12.0 Å². The van der Waals surface area contributed by atoms with Gasteiger partial charge in [-0.25, -0.2) is 0 Å². The van der Waals surface area contributed by atoms with Gasteiger partial charge < -0.3 is 11.1 Å². The van der Waals surface area contributed by atoms with Crippen LogP contribution >= 0.6 is 0 Å². The first-order chi connectivity index (χ1) is 9.26. The standard InChI is InChI=1S/C15H21N3O/c1-2-10-17-15(19)13-18(11-6-9-16)12-14-7-4-3-5-8-14/h1,3-5,7-8H,6,9-13,16H2,(H,17,19). The van der Waals surface area contributed by atoms with Crippen molar-refractivity contribution in [2.24, 2.45) is 5.73 Å². The van der Waals surface area contributed by atoms with E-state index in [-0.39, 0.29) is 12.5 Å². The summed E-state index contributed by atoms with van der Waals surface area (Å²) in [6.07, 6.45) is 5.99. The van der Waals surface area contributed by atoms with Crippen molar-refractivity contribution in [2.45, 2.75) is 13.0 Å². The molecule has 0 heterocycles. The Bertz CT molecular complexity index is 411. The van der Waals surface area contributed by atoms with Crippen molar-refractivity contribution in [3.05, 3.63) is 35.9 Å². The first-order valence-corrected chi connectivity index (χ1v) is 6.42. The van der Waals surface area contributed by atoms with E-state index in [1.54, 1.807) is 0 Å². The number of nitrogens with one attached hydrogen (secondary N) is 1. The second-order valence-electron chi connectivity index (χ2n) is 4.32. The van der Waals surface area contributed by atoms with Crippen molar-refractivity contribution in [2.75, 3.05) is 26.2 Å². The summed E-state index contributed by atoms with van der Waals surface area (Å²) in [5, 5.41) is 2.68. The van der Waals surface area contributed by atoms with Crippen molar-refractivity contribution in [3.63, 3.8) is 0 Å². The molecule has 0 saturated carbocycles. The van der Waals surface area contributed by atoms with Crippen LogP contribution in [0, 0.1) is 12.3 Å². The van der Waals surface area contributed by atoms with E-state index in [0.29, 0.717) is 13.1 Å². The zero-order valence-electron chi connectivity index (χ0n) is 11.1. The van der Waals surface area contributed by atoms with E-state index in [1.165, 1.54) is 5.56 Å². The highest BCUT2D eigenvalue weighted by Crippen LogP contribution is 2.04.